The molecule has 0 radical (unpaired) electrons. The molecule has 3 heterocycles. The van der Waals surface area contributed by atoms with Crippen LogP contribution in [-0.2, 0) is 38.6 Å². The van der Waals surface area contributed by atoms with Crippen LogP contribution in [-0.4, -0.2) is 43.0 Å². The van der Waals surface area contributed by atoms with Crippen LogP contribution in [0.2, 0.25) is 0 Å². The highest BCUT2D eigenvalue weighted by molar-refractivity contribution is 7.16. The molecule has 0 aromatic carbocycles. The summed E-state index contributed by atoms with van der Waals surface area (Å²) in [5.74, 6) is 0.410. The number of carbonyl (C=O) groups is 2. The second-order valence-corrected chi connectivity index (χ2v) is 8.67. The van der Waals surface area contributed by atoms with Crippen LogP contribution in [0.25, 0.3) is 0 Å². The van der Waals surface area contributed by atoms with Crippen molar-refractivity contribution in [1.29, 1.82) is 5.26 Å². The van der Waals surface area contributed by atoms with E-state index < -0.39 is 0 Å². The number of ether oxygens (including phenoxy) is 2. The zero-order valence-electron chi connectivity index (χ0n) is 20.1. The lowest BCUT2D eigenvalue weighted by molar-refractivity contribution is -0.119. The van der Waals surface area contributed by atoms with Gasteiger partial charge in [-0.3, -0.25) is 14.6 Å². The van der Waals surface area contributed by atoms with E-state index in [1.54, 1.807) is 37.5 Å². The maximum Gasteiger partial charge on any atom is 0.225 e. The van der Waals surface area contributed by atoms with Crippen molar-refractivity contribution in [3.05, 3.63) is 82.7 Å². The van der Waals surface area contributed by atoms with Gasteiger partial charge in [-0.05, 0) is 42.7 Å². The van der Waals surface area contributed by atoms with Gasteiger partial charge in [0.05, 0.1) is 31.5 Å². The Morgan fingerprint density at radius 3 is 2.77 bits per heavy atom. The van der Waals surface area contributed by atoms with Crippen molar-refractivity contribution in [3.8, 4) is 6.07 Å². The molecule has 0 atom stereocenters. The first-order chi connectivity index (χ1) is 16.9. The molecule has 9 heteroatoms. The molecule has 2 aromatic rings. The average Bonchev–Trinajstić information content (AvgIpc) is 3.23. The van der Waals surface area contributed by atoms with Crippen molar-refractivity contribution < 1.29 is 19.1 Å². The van der Waals surface area contributed by atoms with Crippen LogP contribution in [0.3, 0.4) is 0 Å². The van der Waals surface area contributed by atoms with Gasteiger partial charge in [-0.15, -0.1) is 11.3 Å². The van der Waals surface area contributed by atoms with E-state index in [4.69, 9.17) is 9.47 Å². The van der Waals surface area contributed by atoms with Crippen LogP contribution in [0, 0.1) is 11.3 Å². The molecular formula is C26H30N4O4S. The molecule has 184 valence electrons. The predicted octanol–water partition coefficient (Wildman–Crippen LogP) is 4.35. The number of hydrogen-bond donors (Lipinski definition) is 1. The van der Waals surface area contributed by atoms with Crippen LogP contribution in [0.5, 0.6) is 0 Å². The van der Waals surface area contributed by atoms with Crippen LogP contribution in [0.1, 0.15) is 34.5 Å². The molecule has 2 aromatic heterocycles. The highest BCUT2D eigenvalue weighted by Gasteiger charge is 2.24. The fourth-order valence-electron chi connectivity index (χ4n) is 3.29. The molecule has 0 spiro atoms. The van der Waals surface area contributed by atoms with E-state index in [0.29, 0.717) is 48.9 Å². The molecule has 3 rings (SSSR count). The fourth-order valence-corrected chi connectivity index (χ4v) is 4.53. The molecular weight excluding hydrogens is 464 g/mol. The number of nitrogens with zero attached hydrogens (tertiary/aromatic N) is 3. The van der Waals surface area contributed by atoms with E-state index in [1.807, 2.05) is 18.2 Å². The molecule has 0 saturated carbocycles. The van der Waals surface area contributed by atoms with Gasteiger partial charge in [0.25, 0.3) is 0 Å². The molecule has 1 N–H and O–H groups in total. The van der Waals surface area contributed by atoms with Crippen LogP contribution in [0.15, 0.2) is 61.0 Å². The zero-order chi connectivity index (χ0) is 25.6. The van der Waals surface area contributed by atoms with E-state index in [2.05, 4.69) is 29.5 Å². The maximum atomic E-state index is 12.2. The van der Waals surface area contributed by atoms with E-state index in [0.717, 1.165) is 28.1 Å². The first-order valence-corrected chi connectivity index (χ1v) is 11.8. The summed E-state index contributed by atoms with van der Waals surface area (Å²) in [4.78, 5) is 29.9. The summed E-state index contributed by atoms with van der Waals surface area (Å²) in [7, 11) is 3.20. The summed E-state index contributed by atoms with van der Waals surface area (Å²) in [6.45, 7) is 9.20. The van der Waals surface area contributed by atoms with E-state index >= 15 is 0 Å². The minimum atomic E-state index is -0.181. The van der Waals surface area contributed by atoms with Crippen molar-refractivity contribution in [2.45, 2.75) is 32.4 Å². The normalized spacial score (nSPS) is 12.4. The number of methoxy groups -OCH3 is 2. The van der Waals surface area contributed by atoms with Gasteiger partial charge in [0, 0.05) is 31.1 Å². The number of anilines is 1. The Kier molecular flexibility index (Phi) is 11.4. The zero-order valence-corrected chi connectivity index (χ0v) is 20.9. The van der Waals surface area contributed by atoms with E-state index in [9.17, 15) is 14.9 Å². The van der Waals surface area contributed by atoms with Crippen molar-refractivity contribution in [2.24, 2.45) is 0 Å². The average molecular weight is 495 g/mol. The van der Waals surface area contributed by atoms with Crippen molar-refractivity contribution in [1.82, 2.24) is 9.88 Å². The number of allylic oxidation sites excluding steroid dienone is 3. The van der Waals surface area contributed by atoms with Crippen LogP contribution in [0.4, 0.5) is 5.00 Å². The van der Waals surface area contributed by atoms with Gasteiger partial charge in [0.15, 0.2) is 0 Å². The van der Waals surface area contributed by atoms with Crippen molar-refractivity contribution >= 4 is 28.7 Å². The van der Waals surface area contributed by atoms with Gasteiger partial charge in [-0.25, -0.2) is 0 Å². The molecule has 0 bridgehead atoms. The van der Waals surface area contributed by atoms with Gasteiger partial charge < -0.3 is 19.7 Å². The van der Waals surface area contributed by atoms with Crippen molar-refractivity contribution in [3.63, 3.8) is 0 Å². The Balaban J connectivity index is 0.000000402. The number of pyridine rings is 1. The third kappa shape index (κ3) is 8.52. The Hall–Kier alpha value is -3.74. The maximum absolute atomic E-state index is 12.2. The van der Waals surface area contributed by atoms with E-state index in [-0.39, 0.29) is 12.3 Å². The largest absolute Gasteiger partial charge is 0.497 e. The summed E-state index contributed by atoms with van der Waals surface area (Å²) in [5.41, 5.74) is 3.18. The highest BCUT2D eigenvalue weighted by atomic mass is 32.1. The first-order valence-electron chi connectivity index (χ1n) is 10.9. The van der Waals surface area contributed by atoms with Crippen molar-refractivity contribution in [2.75, 3.05) is 26.1 Å². The molecule has 35 heavy (non-hydrogen) atoms. The van der Waals surface area contributed by atoms with E-state index in [1.165, 1.54) is 11.3 Å². The second-order valence-electron chi connectivity index (χ2n) is 7.56. The van der Waals surface area contributed by atoms with Gasteiger partial charge in [0.2, 0.25) is 12.3 Å². The minimum absolute atomic E-state index is 0.181. The number of thiophene rings is 1. The standard InChI is InChI=1S/C19H21N3O3S.C7H9NO/c1-4-14(25-3)9-13(2)5-6-18(24)21-19-16(10-20)15-7-8-22(12-23)11-17(15)26-19;1-9-6-7-4-2-3-5-8-7/h4,9,12H,1-2,5-8,11H2,3H3,(H,21,24);2-5H,6H2,1H3/b14-9+;. The summed E-state index contributed by atoms with van der Waals surface area (Å²) in [6, 6.07) is 7.95. The lowest BCUT2D eigenvalue weighted by Gasteiger charge is -2.22. The Bertz CT molecular complexity index is 1100. The topological polar surface area (TPSA) is 105 Å². The summed E-state index contributed by atoms with van der Waals surface area (Å²) >= 11 is 1.36. The molecule has 0 unspecified atom stereocenters. The SMILES string of the molecule is C=C/C(=C\C(=C)CCC(=O)Nc1sc2c(c1C#N)CCN(C=O)C2)OC.COCc1ccccn1. The quantitative estimate of drug-likeness (QED) is 0.299. The molecule has 2 amide bonds. The number of amides is 2. The van der Waals surface area contributed by atoms with Crippen LogP contribution >= 0.6 is 11.3 Å². The summed E-state index contributed by atoms with van der Waals surface area (Å²) in [6.07, 6.45) is 7.22. The molecule has 8 nitrogen and oxygen atoms in total. The fraction of sp³-hybridized carbons (Fsp3) is 0.308. The minimum Gasteiger partial charge on any atom is -0.497 e. The van der Waals surface area contributed by atoms with Crippen LogP contribution < -0.4 is 5.32 Å². The Morgan fingerprint density at radius 1 is 1.37 bits per heavy atom. The van der Waals surface area contributed by atoms with Gasteiger partial charge in [-0.2, -0.15) is 5.26 Å². The number of rotatable bonds is 10. The summed E-state index contributed by atoms with van der Waals surface area (Å²) < 4.78 is 9.95. The molecule has 0 fully saturated rings. The lowest BCUT2D eigenvalue weighted by Crippen LogP contribution is -2.28. The number of aromatic nitrogens is 1. The molecule has 1 aliphatic rings. The van der Waals surface area contributed by atoms with Gasteiger partial charge in [-0.1, -0.05) is 24.8 Å². The summed E-state index contributed by atoms with van der Waals surface area (Å²) in [5, 5.41) is 12.8. The number of hydrogen-bond acceptors (Lipinski definition) is 7. The lowest BCUT2D eigenvalue weighted by atomic mass is 10.0. The number of nitriles is 1. The predicted molar refractivity (Wildman–Crippen MR) is 136 cm³/mol. The molecule has 0 saturated heterocycles. The third-order valence-corrected chi connectivity index (χ3v) is 6.21. The first kappa shape index (κ1) is 27.5. The Morgan fingerprint density at radius 2 is 2.17 bits per heavy atom. The van der Waals surface area contributed by atoms with Gasteiger partial charge >= 0.3 is 0 Å². The second kappa shape index (κ2) is 14.5. The monoisotopic (exact) mass is 494 g/mol. The Labute approximate surface area is 210 Å². The number of carbonyl (C=O) groups excluding carboxylic acids is 2. The van der Waals surface area contributed by atoms with Gasteiger partial charge in [0.1, 0.15) is 16.8 Å². The number of fused-ring (bicyclic) bond motifs is 1. The third-order valence-electron chi connectivity index (χ3n) is 5.08. The molecule has 1 aliphatic heterocycles. The smallest absolute Gasteiger partial charge is 0.225 e. The number of nitrogens with one attached hydrogen (secondary N) is 1. The molecule has 0 aliphatic carbocycles. The highest BCUT2D eigenvalue weighted by Crippen LogP contribution is 2.36.